The molecule has 186 valence electrons. The lowest BCUT2D eigenvalue weighted by Gasteiger charge is -2.26. The number of carboxylic acids is 1. The minimum atomic E-state index is -1.38. The first-order valence-corrected chi connectivity index (χ1v) is 11.0. The highest BCUT2D eigenvalue weighted by Gasteiger charge is 2.32. The number of nitrogens with two attached hydrogens (primary N) is 1. The summed E-state index contributed by atoms with van der Waals surface area (Å²) in [6.07, 6.45) is 3.97. The molecule has 5 atom stereocenters. The standard InChI is InChI=1S/C21H36N6O6/c1-5-12(4)17(21(32)33)27-20(31)16(9-28)26-19(30)15(6-11(2)3)25-18(29)14(22)7-13-8-23-10-24-13/h8,10-12,14-17,28H,5-7,9,22H2,1-4H3,(H,23,24)(H,25,29)(H,26,30)(H,27,31)(H,32,33). The highest BCUT2D eigenvalue weighted by atomic mass is 16.4. The summed E-state index contributed by atoms with van der Waals surface area (Å²) in [5, 5.41) is 26.3. The zero-order chi connectivity index (χ0) is 25.1. The number of nitrogens with one attached hydrogen (secondary N) is 4. The maximum absolute atomic E-state index is 12.8. The maximum atomic E-state index is 12.8. The predicted molar refractivity (Wildman–Crippen MR) is 120 cm³/mol. The molecule has 1 aromatic heterocycles. The number of aliphatic hydroxyl groups excluding tert-OH is 1. The van der Waals surface area contributed by atoms with Crippen molar-refractivity contribution in [3.63, 3.8) is 0 Å². The molecule has 8 N–H and O–H groups in total. The normalized spacial score (nSPS) is 15.7. The zero-order valence-electron chi connectivity index (χ0n) is 19.5. The van der Waals surface area contributed by atoms with Crippen LogP contribution in [0.25, 0.3) is 0 Å². The Morgan fingerprint density at radius 2 is 1.67 bits per heavy atom. The molecule has 0 aliphatic carbocycles. The number of carboxylic acid groups (broad SMARTS) is 1. The van der Waals surface area contributed by atoms with Gasteiger partial charge in [-0.2, -0.15) is 0 Å². The second-order valence-electron chi connectivity index (χ2n) is 8.53. The molecule has 12 nitrogen and oxygen atoms in total. The Kier molecular flexibility index (Phi) is 11.5. The molecule has 0 saturated heterocycles. The van der Waals surface area contributed by atoms with Crippen molar-refractivity contribution < 1.29 is 29.4 Å². The number of aliphatic hydroxyl groups is 1. The number of carbonyl (C=O) groups is 4. The fourth-order valence-corrected chi connectivity index (χ4v) is 3.11. The number of H-pyrrole nitrogens is 1. The van der Waals surface area contributed by atoms with Crippen LogP contribution < -0.4 is 21.7 Å². The molecule has 1 heterocycles. The van der Waals surface area contributed by atoms with Crippen molar-refractivity contribution in [2.24, 2.45) is 17.6 Å². The first-order chi connectivity index (χ1) is 15.5. The van der Waals surface area contributed by atoms with E-state index in [4.69, 9.17) is 5.73 Å². The van der Waals surface area contributed by atoms with E-state index < -0.39 is 54.5 Å². The Morgan fingerprint density at radius 3 is 2.15 bits per heavy atom. The molecule has 0 radical (unpaired) electrons. The first kappa shape index (κ1) is 28.0. The van der Waals surface area contributed by atoms with E-state index in [2.05, 4.69) is 25.9 Å². The number of aromatic nitrogens is 2. The SMILES string of the molecule is CCC(C)C(NC(=O)C(CO)NC(=O)C(CC(C)C)NC(=O)C(N)Cc1cnc[nH]1)C(=O)O. The van der Waals surface area contributed by atoms with Gasteiger partial charge in [0, 0.05) is 18.3 Å². The van der Waals surface area contributed by atoms with Gasteiger partial charge < -0.3 is 36.9 Å². The van der Waals surface area contributed by atoms with Gasteiger partial charge in [0.05, 0.1) is 19.0 Å². The number of aromatic amines is 1. The molecule has 0 saturated carbocycles. The van der Waals surface area contributed by atoms with E-state index in [0.29, 0.717) is 12.1 Å². The van der Waals surface area contributed by atoms with Crippen LogP contribution in [0.4, 0.5) is 0 Å². The van der Waals surface area contributed by atoms with Crippen molar-refractivity contribution >= 4 is 23.7 Å². The molecule has 12 heteroatoms. The smallest absolute Gasteiger partial charge is 0.326 e. The van der Waals surface area contributed by atoms with Crippen molar-refractivity contribution in [1.82, 2.24) is 25.9 Å². The number of hydrogen-bond acceptors (Lipinski definition) is 7. The third-order valence-electron chi connectivity index (χ3n) is 5.26. The quantitative estimate of drug-likeness (QED) is 0.178. The molecular formula is C21H36N6O6. The number of imidazole rings is 1. The molecule has 0 bridgehead atoms. The van der Waals surface area contributed by atoms with Gasteiger partial charge in [-0.15, -0.1) is 0 Å². The Bertz CT molecular complexity index is 784. The lowest BCUT2D eigenvalue weighted by molar-refractivity contribution is -0.144. The largest absolute Gasteiger partial charge is 0.480 e. The first-order valence-electron chi connectivity index (χ1n) is 11.0. The van der Waals surface area contributed by atoms with E-state index >= 15 is 0 Å². The van der Waals surface area contributed by atoms with Crippen LogP contribution >= 0.6 is 0 Å². The summed E-state index contributed by atoms with van der Waals surface area (Å²) in [7, 11) is 0. The molecule has 0 aliphatic heterocycles. The van der Waals surface area contributed by atoms with Gasteiger partial charge in [-0.1, -0.05) is 34.1 Å². The van der Waals surface area contributed by atoms with Gasteiger partial charge in [-0.3, -0.25) is 14.4 Å². The molecule has 0 spiro atoms. The highest BCUT2D eigenvalue weighted by molar-refractivity contribution is 5.94. The maximum Gasteiger partial charge on any atom is 0.326 e. The molecule has 0 aliphatic rings. The van der Waals surface area contributed by atoms with Crippen LogP contribution in [0.15, 0.2) is 12.5 Å². The minimum absolute atomic E-state index is 0.0214. The fourth-order valence-electron chi connectivity index (χ4n) is 3.11. The van der Waals surface area contributed by atoms with Gasteiger partial charge in [0.25, 0.3) is 0 Å². The summed E-state index contributed by atoms with van der Waals surface area (Å²) >= 11 is 0. The Hall–Kier alpha value is -2.99. The van der Waals surface area contributed by atoms with Gasteiger partial charge in [-0.25, -0.2) is 9.78 Å². The Labute approximate surface area is 193 Å². The Balaban J connectivity index is 2.84. The molecule has 1 rings (SSSR count). The number of aliphatic carboxylic acids is 1. The van der Waals surface area contributed by atoms with E-state index in [0.717, 1.165) is 0 Å². The van der Waals surface area contributed by atoms with E-state index in [1.165, 1.54) is 6.33 Å². The van der Waals surface area contributed by atoms with Crippen LogP contribution in [0.2, 0.25) is 0 Å². The van der Waals surface area contributed by atoms with E-state index in [-0.39, 0.29) is 24.7 Å². The highest BCUT2D eigenvalue weighted by Crippen LogP contribution is 2.09. The number of carbonyl (C=O) groups excluding carboxylic acids is 3. The van der Waals surface area contributed by atoms with Crippen LogP contribution in [0, 0.1) is 11.8 Å². The zero-order valence-corrected chi connectivity index (χ0v) is 19.5. The van der Waals surface area contributed by atoms with Crippen molar-refractivity contribution in [3.8, 4) is 0 Å². The van der Waals surface area contributed by atoms with E-state index in [1.54, 1.807) is 20.0 Å². The summed E-state index contributed by atoms with van der Waals surface area (Å²) in [6.45, 7) is 6.43. The van der Waals surface area contributed by atoms with Crippen LogP contribution in [0.5, 0.6) is 0 Å². The number of rotatable bonds is 14. The van der Waals surface area contributed by atoms with Crippen LogP contribution in [0.1, 0.15) is 46.2 Å². The number of amides is 3. The molecule has 33 heavy (non-hydrogen) atoms. The lowest BCUT2D eigenvalue weighted by Crippen LogP contribution is -2.59. The van der Waals surface area contributed by atoms with Crippen molar-refractivity contribution in [3.05, 3.63) is 18.2 Å². The molecule has 3 amide bonds. The third kappa shape index (κ3) is 9.18. The fraction of sp³-hybridized carbons (Fsp3) is 0.667. The monoisotopic (exact) mass is 468 g/mol. The molecule has 1 aromatic rings. The van der Waals surface area contributed by atoms with E-state index in [9.17, 15) is 29.4 Å². The molecular weight excluding hydrogens is 432 g/mol. The van der Waals surface area contributed by atoms with E-state index in [1.807, 2.05) is 13.8 Å². The number of hydrogen-bond donors (Lipinski definition) is 7. The average molecular weight is 469 g/mol. The summed E-state index contributed by atoms with van der Waals surface area (Å²) in [5.74, 6) is -3.62. The summed E-state index contributed by atoms with van der Waals surface area (Å²) < 4.78 is 0. The van der Waals surface area contributed by atoms with Crippen molar-refractivity contribution in [2.75, 3.05) is 6.61 Å². The van der Waals surface area contributed by atoms with Crippen LogP contribution in [-0.4, -0.2) is 74.6 Å². The summed E-state index contributed by atoms with van der Waals surface area (Å²) in [4.78, 5) is 56.1. The van der Waals surface area contributed by atoms with Crippen molar-refractivity contribution in [2.45, 2.75) is 71.1 Å². The topological polar surface area (TPSA) is 200 Å². The predicted octanol–water partition coefficient (Wildman–Crippen LogP) is -1.10. The van der Waals surface area contributed by atoms with Gasteiger partial charge in [0.15, 0.2) is 0 Å². The summed E-state index contributed by atoms with van der Waals surface area (Å²) in [5.41, 5.74) is 6.60. The van der Waals surface area contributed by atoms with Gasteiger partial charge in [0.1, 0.15) is 18.1 Å². The molecule has 0 fully saturated rings. The minimum Gasteiger partial charge on any atom is -0.480 e. The Morgan fingerprint density at radius 1 is 1.06 bits per heavy atom. The second kappa shape index (κ2) is 13.5. The van der Waals surface area contributed by atoms with Crippen molar-refractivity contribution in [1.29, 1.82) is 0 Å². The third-order valence-corrected chi connectivity index (χ3v) is 5.26. The van der Waals surface area contributed by atoms with Crippen LogP contribution in [-0.2, 0) is 25.6 Å². The lowest BCUT2D eigenvalue weighted by atomic mass is 9.99. The van der Waals surface area contributed by atoms with Crippen LogP contribution in [0.3, 0.4) is 0 Å². The van der Waals surface area contributed by atoms with Gasteiger partial charge >= 0.3 is 5.97 Å². The average Bonchev–Trinajstić information content (AvgIpc) is 3.26. The second-order valence-corrected chi connectivity index (χ2v) is 8.53. The van der Waals surface area contributed by atoms with Gasteiger partial charge in [0.2, 0.25) is 17.7 Å². The molecule has 5 unspecified atom stereocenters. The summed E-state index contributed by atoms with van der Waals surface area (Å²) in [6, 6.07) is -4.48. The number of nitrogens with zero attached hydrogens (tertiary/aromatic N) is 1. The van der Waals surface area contributed by atoms with Gasteiger partial charge in [-0.05, 0) is 18.3 Å². The molecule has 0 aromatic carbocycles.